The zero-order valence-corrected chi connectivity index (χ0v) is 18.2. The van der Waals surface area contributed by atoms with Crippen LogP contribution in [0.2, 0.25) is 0 Å². The van der Waals surface area contributed by atoms with E-state index in [1.54, 1.807) is 5.57 Å². The average molecular weight is 402 g/mol. The molecule has 2 nitrogen and oxygen atoms in total. The molecule has 0 amide bonds. The topological polar surface area (TPSA) is 12.5 Å². The second-order valence-electron chi connectivity index (χ2n) is 9.44. The minimum absolute atomic E-state index is 0.810. The molecule has 2 heterocycles. The molecule has 2 saturated heterocycles. The van der Waals surface area contributed by atoms with Crippen molar-refractivity contribution in [3.8, 4) is 5.75 Å². The fourth-order valence-corrected chi connectivity index (χ4v) is 5.72. The molecule has 5 rings (SSSR count). The Morgan fingerprint density at radius 3 is 2.53 bits per heavy atom. The van der Waals surface area contributed by atoms with E-state index in [-0.39, 0.29) is 0 Å². The minimum Gasteiger partial charge on any atom is -0.494 e. The molecule has 3 aliphatic rings. The fourth-order valence-electron chi connectivity index (χ4n) is 5.72. The first-order chi connectivity index (χ1) is 14.8. The highest BCUT2D eigenvalue weighted by molar-refractivity contribution is 5.61. The standard InChI is InChI=1S/C28H35NO/c1-2-7-22(8-3-1)9-4-5-18-30-28-17-14-24-19-23(12-13-25(24)20-28)21-29-26-10-6-11-27(29)16-15-26/h1-3,7-8,14,17,19-20,26-27H,4-6,9-13,15-16,18,21H2. The molecule has 1 aliphatic carbocycles. The molecule has 0 spiro atoms. The molecule has 2 unspecified atom stereocenters. The average Bonchev–Trinajstić information content (AvgIpc) is 2.99. The highest BCUT2D eigenvalue weighted by atomic mass is 16.5. The Balaban J connectivity index is 1.12. The Hall–Kier alpha value is -2.06. The first-order valence-corrected chi connectivity index (χ1v) is 12.1. The monoisotopic (exact) mass is 401 g/mol. The second kappa shape index (κ2) is 9.39. The molecule has 0 aromatic heterocycles. The van der Waals surface area contributed by atoms with Crippen LogP contribution in [0.15, 0.2) is 54.1 Å². The molecule has 158 valence electrons. The van der Waals surface area contributed by atoms with Crippen LogP contribution in [0.4, 0.5) is 0 Å². The van der Waals surface area contributed by atoms with Crippen LogP contribution in [0.1, 0.15) is 68.1 Å². The zero-order chi connectivity index (χ0) is 20.2. The Morgan fingerprint density at radius 2 is 1.70 bits per heavy atom. The first kappa shape index (κ1) is 19.9. The maximum atomic E-state index is 6.07. The first-order valence-electron chi connectivity index (χ1n) is 12.1. The van der Waals surface area contributed by atoms with Crippen molar-refractivity contribution in [1.29, 1.82) is 0 Å². The van der Waals surface area contributed by atoms with Crippen molar-refractivity contribution in [3.63, 3.8) is 0 Å². The van der Waals surface area contributed by atoms with Crippen LogP contribution >= 0.6 is 0 Å². The van der Waals surface area contributed by atoms with Crippen molar-refractivity contribution in [2.75, 3.05) is 13.2 Å². The molecule has 2 aliphatic heterocycles. The van der Waals surface area contributed by atoms with Gasteiger partial charge in [-0.25, -0.2) is 0 Å². The largest absolute Gasteiger partial charge is 0.494 e. The number of piperidine rings is 1. The summed E-state index contributed by atoms with van der Waals surface area (Å²) in [5, 5.41) is 0. The number of rotatable bonds is 8. The molecule has 2 aromatic rings. The smallest absolute Gasteiger partial charge is 0.119 e. The Kier molecular flexibility index (Phi) is 6.22. The van der Waals surface area contributed by atoms with Gasteiger partial charge < -0.3 is 4.74 Å². The van der Waals surface area contributed by atoms with Gasteiger partial charge in [-0.15, -0.1) is 0 Å². The number of ether oxygens (including phenoxy) is 1. The van der Waals surface area contributed by atoms with Gasteiger partial charge in [0, 0.05) is 18.6 Å². The fraction of sp³-hybridized carbons (Fsp3) is 0.500. The number of hydrogen-bond acceptors (Lipinski definition) is 2. The number of fused-ring (bicyclic) bond motifs is 3. The quantitative estimate of drug-likeness (QED) is 0.472. The summed E-state index contributed by atoms with van der Waals surface area (Å²) in [7, 11) is 0. The van der Waals surface area contributed by atoms with E-state index in [1.165, 1.54) is 68.2 Å². The van der Waals surface area contributed by atoms with Gasteiger partial charge in [-0.2, -0.15) is 0 Å². The van der Waals surface area contributed by atoms with Gasteiger partial charge in [-0.3, -0.25) is 4.90 Å². The molecule has 2 aromatic carbocycles. The van der Waals surface area contributed by atoms with Gasteiger partial charge in [0.15, 0.2) is 0 Å². The minimum atomic E-state index is 0.810. The number of unbranched alkanes of at least 4 members (excludes halogenated alkanes) is 1. The molecule has 2 heteroatoms. The lowest BCUT2D eigenvalue weighted by molar-refractivity contribution is 0.153. The van der Waals surface area contributed by atoms with Crippen molar-refractivity contribution in [1.82, 2.24) is 4.90 Å². The van der Waals surface area contributed by atoms with Crippen molar-refractivity contribution in [2.45, 2.75) is 76.3 Å². The van der Waals surface area contributed by atoms with Crippen LogP contribution in [0.25, 0.3) is 6.08 Å². The third-order valence-corrected chi connectivity index (χ3v) is 7.39. The summed E-state index contributed by atoms with van der Waals surface area (Å²) in [5.41, 5.74) is 5.93. The van der Waals surface area contributed by atoms with Crippen LogP contribution in [0, 0.1) is 0 Å². The third-order valence-electron chi connectivity index (χ3n) is 7.39. The maximum Gasteiger partial charge on any atom is 0.119 e. The van der Waals surface area contributed by atoms with Crippen molar-refractivity contribution in [3.05, 3.63) is 70.8 Å². The summed E-state index contributed by atoms with van der Waals surface area (Å²) >= 11 is 0. The molecule has 2 bridgehead atoms. The predicted molar refractivity (Wildman–Crippen MR) is 125 cm³/mol. The van der Waals surface area contributed by atoms with Gasteiger partial charge in [-0.1, -0.05) is 54.5 Å². The number of aryl methyl sites for hydroxylation is 2. The van der Waals surface area contributed by atoms with Crippen LogP contribution in [0.5, 0.6) is 5.75 Å². The van der Waals surface area contributed by atoms with E-state index < -0.39 is 0 Å². The van der Waals surface area contributed by atoms with Gasteiger partial charge in [0.05, 0.1) is 6.61 Å². The van der Waals surface area contributed by atoms with E-state index in [4.69, 9.17) is 4.74 Å². The molecule has 30 heavy (non-hydrogen) atoms. The van der Waals surface area contributed by atoms with E-state index in [2.05, 4.69) is 59.5 Å². The van der Waals surface area contributed by atoms with Crippen LogP contribution in [-0.2, 0) is 12.8 Å². The van der Waals surface area contributed by atoms with Gasteiger partial charge >= 0.3 is 0 Å². The van der Waals surface area contributed by atoms with Gasteiger partial charge in [0.2, 0.25) is 0 Å². The van der Waals surface area contributed by atoms with E-state index in [0.29, 0.717) is 0 Å². The Labute approximate surface area is 181 Å². The number of benzene rings is 2. The molecular formula is C28H35NO. The molecule has 0 N–H and O–H groups in total. The summed E-state index contributed by atoms with van der Waals surface area (Å²) in [6.45, 7) is 2.01. The van der Waals surface area contributed by atoms with Crippen LogP contribution in [-0.4, -0.2) is 30.1 Å². The SMILES string of the molecule is C1=C(CN2C3CCCC2CC3)CCc2cc(OCCCCc3ccccc3)ccc21. The molecule has 0 radical (unpaired) electrons. The van der Waals surface area contributed by atoms with Gasteiger partial charge in [0.1, 0.15) is 5.75 Å². The normalized spacial score (nSPS) is 23.1. The maximum absolute atomic E-state index is 6.07. The number of hydrogen-bond donors (Lipinski definition) is 0. The molecule has 0 saturated carbocycles. The van der Waals surface area contributed by atoms with Crippen molar-refractivity contribution < 1.29 is 4.74 Å². The summed E-state index contributed by atoms with van der Waals surface area (Å²) in [6.07, 6.45) is 15.4. The Bertz CT molecular complexity index is 855. The Morgan fingerprint density at radius 1 is 0.867 bits per heavy atom. The third kappa shape index (κ3) is 4.64. The van der Waals surface area contributed by atoms with Crippen LogP contribution < -0.4 is 4.74 Å². The molecule has 2 fully saturated rings. The lowest BCUT2D eigenvalue weighted by Crippen LogP contribution is -2.40. The molecule has 2 atom stereocenters. The zero-order valence-electron chi connectivity index (χ0n) is 18.2. The summed E-state index contributed by atoms with van der Waals surface area (Å²) < 4.78 is 6.07. The number of nitrogens with zero attached hydrogens (tertiary/aromatic N) is 1. The lowest BCUT2D eigenvalue weighted by Gasteiger charge is -2.36. The summed E-state index contributed by atoms with van der Waals surface area (Å²) in [6, 6.07) is 19.2. The lowest BCUT2D eigenvalue weighted by atomic mass is 9.91. The highest BCUT2D eigenvalue weighted by Gasteiger charge is 2.36. The molecular weight excluding hydrogens is 366 g/mol. The summed E-state index contributed by atoms with van der Waals surface area (Å²) in [4.78, 5) is 2.83. The summed E-state index contributed by atoms with van der Waals surface area (Å²) in [5.74, 6) is 1.04. The van der Waals surface area contributed by atoms with Gasteiger partial charge in [-0.05, 0) is 86.6 Å². The van der Waals surface area contributed by atoms with Crippen molar-refractivity contribution >= 4 is 6.08 Å². The van der Waals surface area contributed by atoms with E-state index >= 15 is 0 Å². The second-order valence-corrected chi connectivity index (χ2v) is 9.44. The van der Waals surface area contributed by atoms with E-state index in [9.17, 15) is 0 Å². The van der Waals surface area contributed by atoms with Crippen molar-refractivity contribution in [2.24, 2.45) is 0 Å². The van der Waals surface area contributed by atoms with E-state index in [1.807, 2.05) is 0 Å². The van der Waals surface area contributed by atoms with Gasteiger partial charge in [0.25, 0.3) is 0 Å². The predicted octanol–water partition coefficient (Wildman–Crippen LogP) is 6.43. The highest BCUT2D eigenvalue weighted by Crippen LogP contribution is 2.37. The van der Waals surface area contributed by atoms with Crippen LogP contribution in [0.3, 0.4) is 0 Å². The van der Waals surface area contributed by atoms with E-state index in [0.717, 1.165) is 43.7 Å².